The van der Waals surface area contributed by atoms with E-state index in [2.05, 4.69) is 15.8 Å². The van der Waals surface area contributed by atoms with Crippen LogP contribution in [0.5, 0.6) is 0 Å². The Kier molecular flexibility index (Phi) is 3.92. The maximum Gasteiger partial charge on any atom is 0.316 e. The number of amides is 3. The maximum absolute atomic E-state index is 12.2. The van der Waals surface area contributed by atoms with Gasteiger partial charge in [-0.15, -0.1) is 0 Å². The van der Waals surface area contributed by atoms with Gasteiger partial charge in [-0.1, -0.05) is 23.4 Å². The van der Waals surface area contributed by atoms with Gasteiger partial charge in [-0.2, -0.15) is 0 Å². The minimum Gasteiger partial charge on any atom is -0.356 e. The van der Waals surface area contributed by atoms with Gasteiger partial charge in [0.05, 0.1) is 6.42 Å². The van der Waals surface area contributed by atoms with Gasteiger partial charge in [0.2, 0.25) is 5.91 Å². The van der Waals surface area contributed by atoms with E-state index in [1.54, 1.807) is 30.3 Å². The first kappa shape index (κ1) is 14.6. The fourth-order valence-electron chi connectivity index (χ4n) is 2.24. The minimum atomic E-state index is -0.664. The number of aromatic nitrogens is 1. The molecule has 1 aromatic heterocycles. The molecule has 23 heavy (non-hydrogen) atoms. The summed E-state index contributed by atoms with van der Waals surface area (Å²) in [6.07, 6.45) is 0.0878. The summed E-state index contributed by atoms with van der Waals surface area (Å²) in [5.74, 6) is -0.236. The number of nitrogens with zero attached hydrogens (tertiary/aromatic N) is 1. The molecule has 4 N–H and O–H groups in total. The normalized spacial score (nSPS) is 10.4. The molecule has 0 radical (unpaired) electrons. The molecule has 3 aromatic rings. The molecule has 0 aliphatic heterocycles. The number of urea groups is 1. The van der Waals surface area contributed by atoms with Gasteiger partial charge in [0.15, 0.2) is 5.58 Å². The number of nitrogens with two attached hydrogens (primary N) is 1. The van der Waals surface area contributed by atoms with Crippen molar-refractivity contribution in [2.45, 2.75) is 6.42 Å². The zero-order valence-electron chi connectivity index (χ0n) is 12.1. The van der Waals surface area contributed by atoms with Gasteiger partial charge in [-0.25, -0.2) is 4.79 Å². The number of hydrogen-bond donors (Lipinski definition) is 3. The van der Waals surface area contributed by atoms with Crippen molar-refractivity contribution in [1.82, 2.24) is 5.16 Å². The van der Waals surface area contributed by atoms with E-state index in [0.717, 1.165) is 5.39 Å². The third-order valence-corrected chi connectivity index (χ3v) is 3.19. The van der Waals surface area contributed by atoms with Crippen LogP contribution < -0.4 is 16.4 Å². The highest BCUT2D eigenvalue weighted by molar-refractivity contribution is 5.95. The average molecular weight is 310 g/mol. The third kappa shape index (κ3) is 3.46. The molecule has 1 heterocycles. The number of nitrogens with one attached hydrogen (secondary N) is 2. The van der Waals surface area contributed by atoms with Gasteiger partial charge in [-0.05, 0) is 30.3 Å². The average Bonchev–Trinajstić information content (AvgIpc) is 2.90. The molecular weight excluding hydrogens is 296 g/mol. The summed E-state index contributed by atoms with van der Waals surface area (Å²) in [6, 6.07) is 13.4. The SMILES string of the molecule is NC(=O)Nc1cccc(NC(=O)Cc2noc3ccccc23)c1. The number of benzene rings is 2. The summed E-state index contributed by atoms with van der Waals surface area (Å²) in [4.78, 5) is 23.0. The van der Waals surface area contributed by atoms with Crippen LogP contribution >= 0.6 is 0 Å². The zero-order valence-corrected chi connectivity index (χ0v) is 12.1. The number of rotatable bonds is 4. The Balaban J connectivity index is 1.71. The van der Waals surface area contributed by atoms with Crippen LogP contribution in [0.15, 0.2) is 53.1 Å². The molecule has 2 aromatic carbocycles. The maximum atomic E-state index is 12.2. The first-order valence-electron chi connectivity index (χ1n) is 6.91. The zero-order chi connectivity index (χ0) is 16.2. The van der Waals surface area contributed by atoms with Crippen LogP contribution in [0.3, 0.4) is 0 Å². The molecule has 0 saturated heterocycles. The Labute approximate surface area is 131 Å². The second kappa shape index (κ2) is 6.18. The summed E-state index contributed by atoms with van der Waals surface area (Å²) in [5.41, 5.74) is 7.33. The van der Waals surface area contributed by atoms with Crippen molar-refractivity contribution in [3.63, 3.8) is 0 Å². The van der Waals surface area contributed by atoms with Gasteiger partial charge < -0.3 is 20.9 Å². The smallest absolute Gasteiger partial charge is 0.316 e. The Morgan fingerprint density at radius 1 is 1.04 bits per heavy atom. The van der Waals surface area contributed by atoms with E-state index in [1.807, 2.05) is 18.2 Å². The fourth-order valence-corrected chi connectivity index (χ4v) is 2.24. The predicted molar refractivity (Wildman–Crippen MR) is 86.0 cm³/mol. The highest BCUT2D eigenvalue weighted by Crippen LogP contribution is 2.19. The van der Waals surface area contributed by atoms with E-state index in [0.29, 0.717) is 22.7 Å². The molecule has 7 nitrogen and oxygen atoms in total. The number of para-hydroxylation sites is 1. The molecule has 3 rings (SSSR count). The number of hydrogen-bond acceptors (Lipinski definition) is 4. The van der Waals surface area contributed by atoms with Crippen molar-refractivity contribution in [2.75, 3.05) is 10.6 Å². The lowest BCUT2D eigenvalue weighted by Gasteiger charge is -2.07. The monoisotopic (exact) mass is 310 g/mol. The van der Waals surface area contributed by atoms with E-state index in [9.17, 15) is 9.59 Å². The number of anilines is 2. The number of primary amides is 1. The molecule has 0 atom stereocenters. The molecule has 0 aliphatic carbocycles. The van der Waals surface area contributed by atoms with Crippen molar-refractivity contribution < 1.29 is 14.1 Å². The standard InChI is InChI=1S/C16H14N4O3/c17-16(22)19-11-5-3-4-10(8-11)18-15(21)9-13-12-6-1-2-7-14(12)23-20-13/h1-8H,9H2,(H,18,21)(H3,17,19,22). The Morgan fingerprint density at radius 3 is 2.57 bits per heavy atom. The van der Waals surface area contributed by atoms with E-state index in [1.165, 1.54) is 0 Å². The summed E-state index contributed by atoms with van der Waals surface area (Å²) in [6.45, 7) is 0. The largest absolute Gasteiger partial charge is 0.356 e. The van der Waals surface area contributed by atoms with Crippen LogP contribution in [0, 0.1) is 0 Å². The summed E-state index contributed by atoms with van der Waals surface area (Å²) in [7, 11) is 0. The van der Waals surface area contributed by atoms with Gasteiger partial charge in [0.1, 0.15) is 5.69 Å². The summed E-state index contributed by atoms with van der Waals surface area (Å²) in [5, 5.41) is 9.93. The number of carbonyl (C=O) groups excluding carboxylic acids is 2. The van der Waals surface area contributed by atoms with E-state index < -0.39 is 6.03 Å². The van der Waals surface area contributed by atoms with Crippen molar-refractivity contribution in [3.05, 3.63) is 54.2 Å². The van der Waals surface area contributed by atoms with Crippen molar-refractivity contribution in [1.29, 1.82) is 0 Å². The lowest BCUT2D eigenvalue weighted by atomic mass is 10.1. The van der Waals surface area contributed by atoms with Crippen molar-refractivity contribution >= 4 is 34.3 Å². The molecular formula is C16H14N4O3. The van der Waals surface area contributed by atoms with Gasteiger partial charge in [0.25, 0.3) is 0 Å². The molecule has 0 aliphatic rings. The van der Waals surface area contributed by atoms with E-state index in [-0.39, 0.29) is 12.3 Å². The lowest BCUT2D eigenvalue weighted by Crippen LogP contribution is -2.19. The Morgan fingerprint density at radius 2 is 1.78 bits per heavy atom. The van der Waals surface area contributed by atoms with Crippen LogP contribution in [0.2, 0.25) is 0 Å². The second-order valence-electron chi connectivity index (χ2n) is 4.92. The predicted octanol–water partition coefficient (Wildman–Crippen LogP) is 2.50. The third-order valence-electron chi connectivity index (χ3n) is 3.19. The molecule has 7 heteroatoms. The molecule has 0 fully saturated rings. The van der Waals surface area contributed by atoms with Crippen LogP contribution in [0.1, 0.15) is 5.69 Å². The van der Waals surface area contributed by atoms with Crippen LogP contribution in [-0.4, -0.2) is 17.1 Å². The summed E-state index contributed by atoms with van der Waals surface area (Å²) >= 11 is 0. The highest BCUT2D eigenvalue weighted by Gasteiger charge is 2.12. The van der Waals surface area contributed by atoms with Crippen molar-refractivity contribution in [2.24, 2.45) is 5.73 Å². The Hall–Kier alpha value is -3.35. The van der Waals surface area contributed by atoms with Crippen LogP contribution in [0.4, 0.5) is 16.2 Å². The van der Waals surface area contributed by atoms with E-state index >= 15 is 0 Å². The van der Waals surface area contributed by atoms with Crippen LogP contribution in [-0.2, 0) is 11.2 Å². The van der Waals surface area contributed by atoms with E-state index in [4.69, 9.17) is 10.3 Å². The van der Waals surface area contributed by atoms with Gasteiger partial charge in [-0.3, -0.25) is 4.79 Å². The Bertz CT molecular complexity index is 872. The van der Waals surface area contributed by atoms with Gasteiger partial charge in [0, 0.05) is 16.8 Å². The quantitative estimate of drug-likeness (QED) is 0.687. The fraction of sp³-hybridized carbons (Fsp3) is 0.0625. The van der Waals surface area contributed by atoms with Crippen LogP contribution in [0.25, 0.3) is 11.0 Å². The molecule has 0 saturated carbocycles. The molecule has 3 amide bonds. The second-order valence-corrected chi connectivity index (χ2v) is 4.92. The number of carbonyl (C=O) groups is 2. The highest BCUT2D eigenvalue weighted by atomic mass is 16.5. The minimum absolute atomic E-state index is 0.0878. The molecule has 0 unspecified atom stereocenters. The first-order chi connectivity index (χ1) is 11.1. The van der Waals surface area contributed by atoms with Gasteiger partial charge >= 0.3 is 6.03 Å². The summed E-state index contributed by atoms with van der Waals surface area (Å²) < 4.78 is 5.17. The first-order valence-corrected chi connectivity index (χ1v) is 6.91. The molecule has 0 bridgehead atoms. The lowest BCUT2D eigenvalue weighted by molar-refractivity contribution is -0.115. The number of fused-ring (bicyclic) bond motifs is 1. The molecule has 116 valence electrons. The topological polar surface area (TPSA) is 110 Å². The molecule has 0 spiro atoms. The van der Waals surface area contributed by atoms with Crippen molar-refractivity contribution in [3.8, 4) is 0 Å².